The molecule has 1 aromatic rings. The third-order valence-electron chi connectivity index (χ3n) is 2.42. The van der Waals surface area contributed by atoms with E-state index in [0.29, 0.717) is 12.6 Å². The van der Waals surface area contributed by atoms with Crippen LogP contribution in [0.2, 0.25) is 0 Å². The van der Waals surface area contributed by atoms with Crippen molar-refractivity contribution in [2.24, 2.45) is 0 Å². The molecule has 0 fully saturated rings. The van der Waals surface area contributed by atoms with Crippen LogP contribution >= 0.6 is 0 Å². The molecule has 0 aliphatic heterocycles. The average Bonchev–Trinajstić information content (AvgIpc) is 2.29. The summed E-state index contributed by atoms with van der Waals surface area (Å²) in [5, 5.41) is 3.37. The zero-order valence-corrected chi connectivity index (χ0v) is 10.8. The summed E-state index contributed by atoms with van der Waals surface area (Å²) >= 11 is 0. The lowest BCUT2D eigenvalue weighted by Crippen LogP contribution is -2.23. The van der Waals surface area contributed by atoms with Gasteiger partial charge in [0.15, 0.2) is 0 Å². The molecule has 0 aliphatic rings. The molecule has 0 spiro atoms. The molecule has 0 saturated heterocycles. The van der Waals surface area contributed by atoms with Crippen LogP contribution in [0.5, 0.6) is 0 Å². The summed E-state index contributed by atoms with van der Waals surface area (Å²) in [6.45, 7) is 2.81. The molecule has 90 valence electrons. The second-order valence-electron chi connectivity index (χ2n) is 3.68. The highest BCUT2D eigenvalue weighted by molar-refractivity contribution is 7.84. The van der Waals surface area contributed by atoms with Gasteiger partial charge in [0.25, 0.3) is 0 Å². The van der Waals surface area contributed by atoms with E-state index in [4.69, 9.17) is 4.74 Å². The first-order valence-corrected chi connectivity index (χ1v) is 6.92. The van der Waals surface area contributed by atoms with E-state index in [1.54, 1.807) is 13.4 Å². The minimum Gasteiger partial charge on any atom is -0.383 e. The number of anilines is 1. The van der Waals surface area contributed by atoms with Crippen LogP contribution in [0.15, 0.2) is 29.2 Å². The van der Waals surface area contributed by atoms with E-state index in [-0.39, 0.29) is 0 Å². The molecule has 1 rings (SSSR count). The summed E-state index contributed by atoms with van der Waals surface area (Å²) in [6, 6.07) is 8.00. The van der Waals surface area contributed by atoms with Crippen molar-refractivity contribution in [1.82, 2.24) is 0 Å². The van der Waals surface area contributed by atoms with Crippen molar-refractivity contribution < 1.29 is 8.95 Å². The van der Waals surface area contributed by atoms with Gasteiger partial charge in [-0.25, -0.2) is 0 Å². The average molecular weight is 241 g/mol. The lowest BCUT2D eigenvalue weighted by molar-refractivity contribution is 0.184. The van der Waals surface area contributed by atoms with Crippen LogP contribution < -0.4 is 5.32 Å². The van der Waals surface area contributed by atoms with Gasteiger partial charge < -0.3 is 10.1 Å². The number of benzene rings is 1. The first-order valence-electron chi connectivity index (χ1n) is 5.36. The van der Waals surface area contributed by atoms with E-state index in [2.05, 4.69) is 12.2 Å². The Hall–Kier alpha value is -0.870. The molecule has 4 heteroatoms. The van der Waals surface area contributed by atoms with Gasteiger partial charge in [0, 0.05) is 40.8 Å². The molecule has 2 atom stereocenters. The Morgan fingerprint density at radius 3 is 2.44 bits per heavy atom. The summed E-state index contributed by atoms with van der Waals surface area (Å²) in [4.78, 5) is 0.852. The maximum absolute atomic E-state index is 11.2. The van der Waals surface area contributed by atoms with E-state index >= 15 is 0 Å². The van der Waals surface area contributed by atoms with Crippen LogP contribution in [-0.4, -0.2) is 30.2 Å². The Morgan fingerprint density at radius 2 is 2.00 bits per heavy atom. The first-order chi connectivity index (χ1) is 7.67. The van der Waals surface area contributed by atoms with Gasteiger partial charge in [-0.15, -0.1) is 0 Å². The van der Waals surface area contributed by atoms with Crippen molar-refractivity contribution in [1.29, 1.82) is 0 Å². The van der Waals surface area contributed by atoms with Crippen LogP contribution in [0, 0.1) is 0 Å². The molecule has 0 aromatic heterocycles. The normalized spacial score (nSPS) is 14.4. The fourth-order valence-electron chi connectivity index (χ4n) is 1.44. The molecule has 1 aromatic carbocycles. The highest BCUT2D eigenvalue weighted by atomic mass is 32.2. The molecule has 0 aliphatic carbocycles. The molecular formula is C12H19NO2S. The van der Waals surface area contributed by atoms with Crippen molar-refractivity contribution in [3.8, 4) is 0 Å². The van der Waals surface area contributed by atoms with Crippen LogP contribution in [0.3, 0.4) is 0 Å². The highest BCUT2D eigenvalue weighted by Crippen LogP contribution is 2.13. The number of methoxy groups -OCH3 is 1. The lowest BCUT2D eigenvalue weighted by Gasteiger charge is -2.17. The van der Waals surface area contributed by atoms with Gasteiger partial charge in [-0.2, -0.15) is 0 Å². The summed E-state index contributed by atoms with van der Waals surface area (Å²) in [5.41, 5.74) is 1.04. The van der Waals surface area contributed by atoms with Crippen molar-refractivity contribution in [2.45, 2.75) is 24.3 Å². The van der Waals surface area contributed by atoms with Crippen LogP contribution in [-0.2, 0) is 15.5 Å². The standard InChI is InChI=1S/C12H19NO2S/c1-4-10(9-15-2)13-11-5-7-12(8-6-11)16(3)14/h5-8,10,13H,4,9H2,1-3H3/t10-,16-/m0/s1. The Kier molecular flexibility index (Phi) is 5.49. The third-order valence-corrected chi connectivity index (χ3v) is 3.35. The van der Waals surface area contributed by atoms with E-state index < -0.39 is 10.8 Å². The maximum atomic E-state index is 11.2. The third kappa shape index (κ3) is 3.94. The predicted octanol–water partition coefficient (Wildman–Crippen LogP) is 2.26. The second-order valence-corrected chi connectivity index (χ2v) is 5.06. The summed E-state index contributed by atoms with van der Waals surface area (Å²) in [6.07, 6.45) is 2.69. The van der Waals surface area contributed by atoms with Gasteiger partial charge in [0.2, 0.25) is 0 Å². The Balaban J connectivity index is 2.63. The van der Waals surface area contributed by atoms with Gasteiger partial charge in [-0.1, -0.05) is 6.92 Å². The molecule has 0 bridgehead atoms. The summed E-state index contributed by atoms with van der Waals surface area (Å²) < 4.78 is 16.3. The molecule has 0 amide bonds. The molecular weight excluding hydrogens is 222 g/mol. The van der Waals surface area contributed by atoms with Crippen molar-refractivity contribution in [3.63, 3.8) is 0 Å². The number of ether oxygens (including phenoxy) is 1. The van der Waals surface area contributed by atoms with Gasteiger partial charge in [-0.3, -0.25) is 4.21 Å². The quantitative estimate of drug-likeness (QED) is 0.830. The fourth-order valence-corrected chi connectivity index (χ4v) is 1.96. The van der Waals surface area contributed by atoms with Crippen molar-refractivity contribution in [2.75, 3.05) is 25.3 Å². The monoisotopic (exact) mass is 241 g/mol. The zero-order chi connectivity index (χ0) is 12.0. The largest absolute Gasteiger partial charge is 0.383 e. The number of hydrogen-bond acceptors (Lipinski definition) is 3. The molecule has 1 N–H and O–H groups in total. The van der Waals surface area contributed by atoms with Crippen molar-refractivity contribution >= 4 is 16.5 Å². The van der Waals surface area contributed by atoms with Gasteiger partial charge in [0.05, 0.1) is 6.61 Å². The van der Waals surface area contributed by atoms with E-state index in [9.17, 15) is 4.21 Å². The maximum Gasteiger partial charge on any atom is 0.0663 e. The Morgan fingerprint density at radius 1 is 1.38 bits per heavy atom. The predicted molar refractivity (Wildman–Crippen MR) is 68.4 cm³/mol. The summed E-state index contributed by atoms with van der Waals surface area (Å²) in [5.74, 6) is 0. The SMILES string of the molecule is CC[C@@H](COC)Nc1ccc([S@](C)=O)cc1. The molecule has 0 unspecified atom stereocenters. The lowest BCUT2D eigenvalue weighted by atomic mass is 10.2. The van der Waals surface area contributed by atoms with E-state index in [0.717, 1.165) is 17.0 Å². The number of rotatable bonds is 6. The van der Waals surface area contributed by atoms with Crippen LogP contribution in [0.1, 0.15) is 13.3 Å². The Labute approximate surface area is 99.7 Å². The molecule has 0 heterocycles. The van der Waals surface area contributed by atoms with Gasteiger partial charge in [-0.05, 0) is 30.7 Å². The minimum absolute atomic E-state index is 0.322. The van der Waals surface area contributed by atoms with Crippen LogP contribution in [0.25, 0.3) is 0 Å². The zero-order valence-electron chi connectivity index (χ0n) is 10.0. The van der Waals surface area contributed by atoms with Crippen LogP contribution in [0.4, 0.5) is 5.69 Å². The van der Waals surface area contributed by atoms with E-state index in [1.165, 1.54) is 0 Å². The minimum atomic E-state index is -0.908. The smallest absolute Gasteiger partial charge is 0.0663 e. The molecule has 3 nitrogen and oxygen atoms in total. The molecule has 16 heavy (non-hydrogen) atoms. The van der Waals surface area contributed by atoms with Crippen molar-refractivity contribution in [3.05, 3.63) is 24.3 Å². The second kappa shape index (κ2) is 6.66. The van der Waals surface area contributed by atoms with E-state index in [1.807, 2.05) is 24.3 Å². The van der Waals surface area contributed by atoms with Gasteiger partial charge >= 0.3 is 0 Å². The number of hydrogen-bond donors (Lipinski definition) is 1. The van der Waals surface area contributed by atoms with Gasteiger partial charge in [0.1, 0.15) is 0 Å². The topological polar surface area (TPSA) is 38.3 Å². The first kappa shape index (κ1) is 13.2. The number of nitrogens with one attached hydrogen (secondary N) is 1. The summed E-state index contributed by atoms with van der Waals surface area (Å²) in [7, 11) is 0.794. The molecule has 0 radical (unpaired) electrons. The molecule has 0 saturated carbocycles. The Bertz CT molecular complexity index is 337. The highest BCUT2D eigenvalue weighted by Gasteiger charge is 2.05. The fraction of sp³-hybridized carbons (Fsp3) is 0.500.